The average molecular weight is 255 g/mol. The van der Waals surface area contributed by atoms with Gasteiger partial charge in [0.15, 0.2) is 0 Å². The van der Waals surface area contributed by atoms with Gasteiger partial charge in [0, 0.05) is 6.92 Å². The van der Waals surface area contributed by atoms with Crippen molar-refractivity contribution >= 4 is 5.91 Å². The van der Waals surface area contributed by atoms with Crippen molar-refractivity contribution in [1.29, 1.82) is 0 Å². The summed E-state index contributed by atoms with van der Waals surface area (Å²) in [5.74, 6) is -0.163. The van der Waals surface area contributed by atoms with E-state index in [1.54, 1.807) is 0 Å². The maximum absolute atomic E-state index is 11.3. The largest absolute Gasteiger partial charge is 0.386 e. The van der Waals surface area contributed by atoms with Crippen LogP contribution < -0.4 is 5.32 Å². The average Bonchev–Trinajstić information content (AvgIpc) is 2.46. The Morgan fingerprint density at radius 1 is 0.947 bits per heavy atom. The third kappa shape index (κ3) is 3.42. The Bertz CT molecular complexity index is 525. The van der Waals surface area contributed by atoms with Gasteiger partial charge in [-0.05, 0) is 11.1 Å². The van der Waals surface area contributed by atoms with Crippen molar-refractivity contribution in [3.63, 3.8) is 0 Å². The number of nitrogens with one attached hydrogen (secondary N) is 1. The molecule has 0 aliphatic heterocycles. The number of aliphatic hydroxyl groups is 1. The third-order valence-corrected chi connectivity index (χ3v) is 2.97. The molecule has 0 saturated carbocycles. The zero-order valence-corrected chi connectivity index (χ0v) is 10.8. The van der Waals surface area contributed by atoms with Crippen molar-refractivity contribution in [1.82, 2.24) is 5.32 Å². The molecule has 2 aromatic rings. The Morgan fingerprint density at radius 3 is 1.89 bits per heavy atom. The van der Waals surface area contributed by atoms with Crippen LogP contribution in [0.1, 0.15) is 30.2 Å². The van der Waals surface area contributed by atoms with Gasteiger partial charge in [0.1, 0.15) is 6.10 Å². The minimum absolute atomic E-state index is 0.163. The van der Waals surface area contributed by atoms with Crippen LogP contribution in [0.25, 0.3) is 0 Å². The van der Waals surface area contributed by atoms with Gasteiger partial charge in [-0.3, -0.25) is 4.79 Å². The van der Waals surface area contributed by atoms with E-state index in [9.17, 15) is 9.90 Å². The normalized spacial score (nSPS) is 13.6. The first-order valence-corrected chi connectivity index (χ1v) is 6.23. The molecular weight excluding hydrogens is 238 g/mol. The van der Waals surface area contributed by atoms with Crippen LogP contribution in [-0.4, -0.2) is 11.0 Å². The first-order chi connectivity index (χ1) is 9.18. The summed E-state index contributed by atoms with van der Waals surface area (Å²) in [6.45, 7) is 1.45. The molecule has 0 spiro atoms. The lowest BCUT2D eigenvalue weighted by molar-refractivity contribution is -0.120. The van der Waals surface area contributed by atoms with Gasteiger partial charge in [-0.1, -0.05) is 60.7 Å². The van der Waals surface area contributed by atoms with E-state index in [2.05, 4.69) is 5.32 Å². The van der Waals surface area contributed by atoms with E-state index in [-0.39, 0.29) is 5.91 Å². The molecule has 3 heteroatoms. The maximum Gasteiger partial charge on any atom is 0.217 e. The molecule has 0 aliphatic rings. The monoisotopic (exact) mass is 255 g/mol. The highest BCUT2D eigenvalue weighted by atomic mass is 16.3. The second-order valence-corrected chi connectivity index (χ2v) is 4.44. The van der Waals surface area contributed by atoms with E-state index < -0.39 is 12.1 Å². The Balaban J connectivity index is 2.30. The van der Waals surface area contributed by atoms with Crippen molar-refractivity contribution in [3.8, 4) is 0 Å². The van der Waals surface area contributed by atoms with Gasteiger partial charge in [-0.25, -0.2) is 0 Å². The van der Waals surface area contributed by atoms with Crippen LogP contribution in [-0.2, 0) is 4.79 Å². The number of rotatable bonds is 4. The summed E-state index contributed by atoms with van der Waals surface area (Å²) in [5, 5.41) is 13.3. The van der Waals surface area contributed by atoms with Crippen LogP contribution in [0.2, 0.25) is 0 Å². The van der Waals surface area contributed by atoms with Gasteiger partial charge in [-0.15, -0.1) is 0 Å². The topological polar surface area (TPSA) is 49.3 Å². The standard InChI is InChI=1S/C16H17NO2/c1-12(18)17-15(13-8-4-2-5-9-13)16(19)14-10-6-3-7-11-14/h2-11,15-16,19H,1H3,(H,17,18)/t15-,16+/m0/s1. The van der Waals surface area contributed by atoms with E-state index in [0.717, 1.165) is 11.1 Å². The van der Waals surface area contributed by atoms with E-state index >= 15 is 0 Å². The first-order valence-electron chi connectivity index (χ1n) is 6.23. The predicted octanol–water partition coefficient (Wildman–Crippen LogP) is 2.60. The Labute approximate surface area is 112 Å². The summed E-state index contributed by atoms with van der Waals surface area (Å²) in [6.07, 6.45) is -0.771. The van der Waals surface area contributed by atoms with Crippen LogP contribution in [0.4, 0.5) is 0 Å². The molecule has 19 heavy (non-hydrogen) atoms. The first kappa shape index (κ1) is 13.3. The lowest BCUT2D eigenvalue weighted by Gasteiger charge is -2.24. The van der Waals surface area contributed by atoms with Crippen molar-refractivity contribution in [2.45, 2.75) is 19.1 Å². The fourth-order valence-electron chi connectivity index (χ4n) is 2.07. The van der Waals surface area contributed by atoms with Crippen molar-refractivity contribution in [2.75, 3.05) is 0 Å². The highest BCUT2D eigenvalue weighted by Gasteiger charge is 2.23. The highest BCUT2D eigenvalue weighted by molar-refractivity contribution is 5.73. The number of aliphatic hydroxyl groups excluding tert-OH is 1. The summed E-state index contributed by atoms with van der Waals surface area (Å²) in [5.41, 5.74) is 1.67. The molecule has 2 N–H and O–H groups in total. The molecule has 0 radical (unpaired) electrons. The Kier molecular flexibility index (Phi) is 4.31. The molecule has 0 saturated heterocycles. The van der Waals surface area contributed by atoms with Gasteiger partial charge >= 0.3 is 0 Å². The maximum atomic E-state index is 11.3. The molecule has 0 aliphatic carbocycles. The Hall–Kier alpha value is -2.13. The predicted molar refractivity (Wildman–Crippen MR) is 74.4 cm³/mol. The summed E-state index contributed by atoms with van der Waals surface area (Å²) >= 11 is 0. The lowest BCUT2D eigenvalue weighted by atomic mass is 9.96. The number of carbonyl (C=O) groups excluding carboxylic acids is 1. The van der Waals surface area contributed by atoms with Crippen LogP contribution in [0.5, 0.6) is 0 Å². The quantitative estimate of drug-likeness (QED) is 0.882. The molecular formula is C16H17NO2. The molecule has 2 aromatic carbocycles. The number of carbonyl (C=O) groups is 1. The van der Waals surface area contributed by atoms with E-state index in [1.165, 1.54) is 6.92 Å². The van der Waals surface area contributed by atoms with E-state index in [4.69, 9.17) is 0 Å². The highest BCUT2D eigenvalue weighted by Crippen LogP contribution is 2.28. The summed E-state index contributed by atoms with van der Waals surface area (Å²) < 4.78 is 0. The van der Waals surface area contributed by atoms with Crippen molar-refractivity contribution in [2.24, 2.45) is 0 Å². The fraction of sp³-hybridized carbons (Fsp3) is 0.188. The second kappa shape index (κ2) is 6.16. The zero-order valence-electron chi connectivity index (χ0n) is 10.8. The molecule has 1 amide bonds. The fourth-order valence-corrected chi connectivity index (χ4v) is 2.07. The molecule has 0 heterocycles. The van der Waals surface area contributed by atoms with Crippen LogP contribution >= 0.6 is 0 Å². The number of hydrogen-bond donors (Lipinski definition) is 2. The number of amides is 1. The number of benzene rings is 2. The molecule has 0 fully saturated rings. The van der Waals surface area contributed by atoms with E-state index in [1.807, 2.05) is 60.7 Å². The number of hydrogen-bond acceptors (Lipinski definition) is 2. The van der Waals surface area contributed by atoms with Crippen LogP contribution in [0.15, 0.2) is 60.7 Å². The van der Waals surface area contributed by atoms with Gasteiger partial charge in [0.2, 0.25) is 5.91 Å². The van der Waals surface area contributed by atoms with Crippen LogP contribution in [0, 0.1) is 0 Å². The second-order valence-electron chi connectivity index (χ2n) is 4.44. The zero-order chi connectivity index (χ0) is 13.7. The lowest BCUT2D eigenvalue weighted by Crippen LogP contribution is -2.30. The van der Waals surface area contributed by atoms with Gasteiger partial charge < -0.3 is 10.4 Å². The molecule has 2 atom stereocenters. The summed E-state index contributed by atoms with van der Waals surface area (Å²) in [4.78, 5) is 11.3. The molecule has 0 bridgehead atoms. The van der Waals surface area contributed by atoms with E-state index in [0.29, 0.717) is 0 Å². The molecule has 2 rings (SSSR count). The van der Waals surface area contributed by atoms with Crippen molar-refractivity contribution in [3.05, 3.63) is 71.8 Å². The van der Waals surface area contributed by atoms with Gasteiger partial charge in [0.25, 0.3) is 0 Å². The minimum atomic E-state index is -0.771. The third-order valence-electron chi connectivity index (χ3n) is 2.97. The SMILES string of the molecule is CC(=O)N[C@@H](c1ccccc1)[C@H](O)c1ccccc1. The molecule has 98 valence electrons. The minimum Gasteiger partial charge on any atom is -0.386 e. The summed E-state index contributed by atoms with van der Waals surface area (Å²) in [7, 11) is 0. The molecule has 0 unspecified atom stereocenters. The summed E-state index contributed by atoms with van der Waals surface area (Å²) in [6, 6.07) is 18.4. The van der Waals surface area contributed by atoms with Crippen LogP contribution in [0.3, 0.4) is 0 Å². The molecule has 3 nitrogen and oxygen atoms in total. The van der Waals surface area contributed by atoms with Gasteiger partial charge in [0.05, 0.1) is 6.04 Å². The molecule has 0 aromatic heterocycles. The van der Waals surface area contributed by atoms with Gasteiger partial charge in [-0.2, -0.15) is 0 Å². The Morgan fingerprint density at radius 2 is 1.42 bits per heavy atom. The smallest absolute Gasteiger partial charge is 0.217 e. The van der Waals surface area contributed by atoms with Crippen molar-refractivity contribution < 1.29 is 9.90 Å².